The lowest BCUT2D eigenvalue weighted by molar-refractivity contribution is -0.167. The number of unbranched alkanes of at least 4 members (excludes halogenated alkanes) is 28. The van der Waals surface area contributed by atoms with Crippen molar-refractivity contribution in [1.29, 1.82) is 0 Å². The number of rotatable bonds is 45. The second-order valence-electron chi connectivity index (χ2n) is 16.7. The summed E-state index contributed by atoms with van der Waals surface area (Å²) in [4.78, 5) is 37.7. The summed E-state index contributed by atoms with van der Waals surface area (Å²) in [7, 11) is 0. The lowest BCUT2D eigenvalue weighted by atomic mass is 10.1. The van der Waals surface area contributed by atoms with Crippen molar-refractivity contribution in [2.75, 3.05) is 13.2 Å². The van der Waals surface area contributed by atoms with Gasteiger partial charge in [0.15, 0.2) is 6.10 Å². The van der Waals surface area contributed by atoms with Gasteiger partial charge in [-0.25, -0.2) is 0 Å². The average Bonchev–Trinajstić information content (AvgIpc) is 3.22. The molecule has 0 heterocycles. The van der Waals surface area contributed by atoms with Crippen molar-refractivity contribution in [3.05, 3.63) is 36.5 Å². The van der Waals surface area contributed by atoms with Crippen LogP contribution in [0.2, 0.25) is 0 Å². The summed E-state index contributed by atoms with van der Waals surface area (Å²) in [6.07, 6.45) is 54.2. The van der Waals surface area contributed by atoms with Crippen molar-refractivity contribution in [3.8, 4) is 0 Å². The lowest BCUT2D eigenvalue weighted by Crippen LogP contribution is -2.30. The third-order valence-electron chi connectivity index (χ3n) is 10.8. The summed E-state index contributed by atoms with van der Waals surface area (Å²) in [6, 6.07) is 0. The molecule has 0 radical (unpaired) electrons. The van der Waals surface area contributed by atoms with Crippen LogP contribution < -0.4 is 0 Å². The zero-order valence-electron chi connectivity index (χ0n) is 38.6. The van der Waals surface area contributed by atoms with E-state index in [1.165, 1.54) is 135 Å². The Balaban J connectivity index is 4.22. The first-order chi connectivity index (χ1) is 28.5. The van der Waals surface area contributed by atoms with Gasteiger partial charge in [-0.3, -0.25) is 14.4 Å². The maximum atomic E-state index is 12.7. The standard InChI is InChI=1S/C52H94O6/c1-4-7-10-13-16-19-21-22-23-24-25-26-27-28-29-30-31-34-36-39-42-45-51(54)57-48-49(47-56-50(53)44-41-38-35-32-18-15-12-9-6-3)58-52(55)46-43-40-37-33-20-17-14-11-8-5-2/h11,14,21-22,24-25,49H,4-10,12-13,15-20,23,26-48H2,1-3H3/b14-11-,22-21-,25-24-. The third-order valence-corrected chi connectivity index (χ3v) is 10.8. The Morgan fingerprint density at radius 3 is 1.03 bits per heavy atom. The van der Waals surface area contributed by atoms with Crippen LogP contribution in [0.3, 0.4) is 0 Å². The summed E-state index contributed by atoms with van der Waals surface area (Å²) in [6.45, 7) is 6.54. The van der Waals surface area contributed by atoms with Gasteiger partial charge in [-0.1, -0.05) is 205 Å². The second-order valence-corrected chi connectivity index (χ2v) is 16.7. The quantitative estimate of drug-likeness (QED) is 0.0264. The van der Waals surface area contributed by atoms with Gasteiger partial charge in [0.2, 0.25) is 0 Å². The Morgan fingerprint density at radius 2 is 0.655 bits per heavy atom. The van der Waals surface area contributed by atoms with E-state index < -0.39 is 6.10 Å². The van der Waals surface area contributed by atoms with Gasteiger partial charge in [-0.15, -0.1) is 0 Å². The minimum atomic E-state index is -0.772. The van der Waals surface area contributed by atoms with Gasteiger partial charge >= 0.3 is 17.9 Å². The van der Waals surface area contributed by atoms with Gasteiger partial charge in [0.1, 0.15) is 13.2 Å². The highest BCUT2D eigenvalue weighted by atomic mass is 16.6. The number of hydrogen-bond donors (Lipinski definition) is 0. The maximum Gasteiger partial charge on any atom is 0.306 e. The van der Waals surface area contributed by atoms with Gasteiger partial charge in [0.25, 0.3) is 0 Å². The average molecular weight is 815 g/mol. The van der Waals surface area contributed by atoms with Crippen LogP contribution in [-0.4, -0.2) is 37.2 Å². The molecular weight excluding hydrogens is 721 g/mol. The molecule has 6 nitrogen and oxygen atoms in total. The number of ether oxygens (including phenoxy) is 3. The van der Waals surface area contributed by atoms with E-state index in [4.69, 9.17) is 14.2 Å². The molecule has 0 aromatic heterocycles. The molecule has 0 rings (SSSR count). The van der Waals surface area contributed by atoms with Crippen LogP contribution in [0, 0.1) is 0 Å². The minimum absolute atomic E-state index is 0.0749. The van der Waals surface area contributed by atoms with E-state index in [1.807, 2.05) is 0 Å². The summed E-state index contributed by atoms with van der Waals surface area (Å²) in [5, 5.41) is 0. The highest BCUT2D eigenvalue weighted by Gasteiger charge is 2.19. The highest BCUT2D eigenvalue weighted by molar-refractivity contribution is 5.71. The molecule has 1 unspecified atom stereocenters. The predicted molar refractivity (Wildman–Crippen MR) is 247 cm³/mol. The van der Waals surface area contributed by atoms with Gasteiger partial charge < -0.3 is 14.2 Å². The molecule has 0 N–H and O–H groups in total. The second kappa shape index (κ2) is 47.3. The van der Waals surface area contributed by atoms with E-state index in [2.05, 4.69) is 57.2 Å². The Labute approximate surface area is 359 Å². The first-order valence-corrected chi connectivity index (χ1v) is 25.0. The van der Waals surface area contributed by atoms with Crippen LogP contribution in [-0.2, 0) is 28.6 Å². The topological polar surface area (TPSA) is 78.9 Å². The number of carbonyl (C=O) groups excluding carboxylic acids is 3. The molecule has 0 saturated heterocycles. The highest BCUT2D eigenvalue weighted by Crippen LogP contribution is 2.15. The van der Waals surface area contributed by atoms with E-state index in [0.717, 1.165) is 83.5 Å². The van der Waals surface area contributed by atoms with Crippen LogP contribution >= 0.6 is 0 Å². The molecule has 1 atom stereocenters. The summed E-state index contributed by atoms with van der Waals surface area (Å²) in [5.74, 6) is -0.888. The van der Waals surface area contributed by atoms with Crippen LogP contribution in [0.1, 0.15) is 258 Å². The van der Waals surface area contributed by atoms with Gasteiger partial charge in [0.05, 0.1) is 0 Å². The summed E-state index contributed by atoms with van der Waals surface area (Å²) >= 11 is 0. The number of esters is 3. The molecule has 0 aromatic rings. The molecule has 0 amide bonds. The molecule has 0 bridgehead atoms. The SMILES string of the molecule is CCC/C=C\CCCCCCCC(=O)OC(COC(=O)CCCCCCCCCCC)COC(=O)CCCCCCCCCCC/C=C\C/C=C\CCCCCCC. The van der Waals surface area contributed by atoms with Crippen molar-refractivity contribution in [1.82, 2.24) is 0 Å². The number of hydrogen-bond acceptors (Lipinski definition) is 6. The van der Waals surface area contributed by atoms with Gasteiger partial charge in [0, 0.05) is 19.3 Å². The Kier molecular flexibility index (Phi) is 45.4. The van der Waals surface area contributed by atoms with Crippen LogP contribution in [0.15, 0.2) is 36.5 Å². The molecule has 0 spiro atoms. The Hall–Kier alpha value is -2.37. The van der Waals surface area contributed by atoms with Gasteiger partial charge in [-0.2, -0.15) is 0 Å². The molecular formula is C52H94O6. The summed E-state index contributed by atoms with van der Waals surface area (Å²) in [5.41, 5.74) is 0. The van der Waals surface area contributed by atoms with Crippen LogP contribution in [0.5, 0.6) is 0 Å². The van der Waals surface area contributed by atoms with Crippen molar-refractivity contribution in [3.63, 3.8) is 0 Å². The van der Waals surface area contributed by atoms with Crippen molar-refractivity contribution >= 4 is 17.9 Å². The normalized spacial score (nSPS) is 12.3. The minimum Gasteiger partial charge on any atom is -0.462 e. The van der Waals surface area contributed by atoms with Crippen molar-refractivity contribution in [2.45, 2.75) is 264 Å². The molecule has 0 aliphatic rings. The number of allylic oxidation sites excluding steroid dienone is 6. The van der Waals surface area contributed by atoms with Crippen molar-refractivity contribution < 1.29 is 28.6 Å². The van der Waals surface area contributed by atoms with E-state index in [1.54, 1.807) is 0 Å². The third kappa shape index (κ3) is 44.7. The van der Waals surface area contributed by atoms with Crippen LogP contribution in [0.25, 0.3) is 0 Å². The summed E-state index contributed by atoms with van der Waals surface area (Å²) < 4.78 is 16.7. The molecule has 338 valence electrons. The first kappa shape index (κ1) is 55.6. The fourth-order valence-electron chi connectivity index (χ4n) is 7.06. The molecule has 0 saturated carbocycles. The molecule has 58 heavy (non-hydrogen) atoms. The lowest BCUT2D eigenvalue weighted by Gasteiger charge is -2.18. The fraction of sp³-hybridized carbons (Fsp3) is 0.827. The van der Waals surface area contributed by atoms with E-state index in [-0.39, 0.29) is 31.1 Å². The van der Waals surface area contributed by atoms with E-state index >= 15 is 0 Å². The molecule has 0 fully saturated rings. The first-order valence-electron chi connectivity index (χ1n) is 25.0. The Morgan fingerprint density at radius 1 is 0.345 bits per heavy atom. The largest absolute Gasteiger partial charge is 0.462 e. The molecule has 6 heteroatoms. The fourth-order valence-corrected chi connectivity index (χ4v) is 7.06. The number of carbonyl (C=O) groups is 3. The van der Waals surface area contributed by atoms with Crippen molar-refractivity contribution in [2.24, 2.45) is 0 Å². The maximum absolute atomic E-state index is 12.7. The van der Waals surface area contributed by atoms with Gasteiger partial charge in [-0.05, 0) is 70.6 Å². The zero-order chi connectivity index (χ0) is 42.3. The predicted octanol–water partition coefficient (Wildman–Crippen LogP) is 16.1. The van der Waals surface area contributed by atoms with Crippen LogP contribution in [0.4, 0.5) is 0 Å². The monoisotopic (exact) mass is 815 g/mol. The van der Waals surface area contributed by atoms with E-state index in [9.17, 15) is 14.4 Å². The molecule has 0 aliphatic carbocycles. The Bertz CT molecular complexity index is 984. The smallest absolute Gasteiger partial charge is 0.306 e. The molecule has 0 aromatic carbocycles. The van der Waals surface area contributed by atoms with E-state index in [0.29, 0.717) is 19.3 Å². The zero-order valence-corrected chi connectivity index (χ0v) is 38.6. The molecule has 0 aliphatic heterocycles.